The second-order valence-corrected chi connectivity index (χ2v) is 13.9. The summed E-state index contributed by atoms with van der Waals surface area (Å²) in [6.45, 7) is 2.17. The number of aliphatic hydroxyl groups is 4. The van der Waals surface area contributed by atoms with Crippen LogP contribution < -0.4 is 10.6 Å². The van der Waals surface area contributed by atoms with Gasteiger partial charge in [0.05, 0.1) is 43.7 Å². The minimum Gasteiger partial charge on any atom is -0.479 e. The van der Waals surface area contributed by atoms with Crippen molar-refractivity contribution in [1.82, 2.24) is 10.6 Å². The van der Waals surface area contributed by atoms with Gasteiger partial charge in [0.1, 0.15) is 0 Å². The SMILES string of the molecule is CCCCCCCC/C=C\CCCCCCCC(=O)NC(C)(COP(=O)(O)C[C@H](O)C[C@H]1N[C@H](CO)[C@@H](O)[C@@H]1O)C(=O)O. The van der Waals surface area contributed by atoms with Crippen LogP contribution in [0.2, 0.25) is 0 Å². The van der Waals surface area contributed by atoms with E-state index in [9.17, 15) is 44.6 Å². The van der Waals surface area contributed by atoms with Gasteiger partial charge in [-0.2, -0.15) is 0 Å². The van der Waals surface area contributed by atoms with Crippen molar-refractivity contribution in [3.63, 3.8) is 0 Å². The topological polar surface area (TPSA) is 206 Å². The van der Waals surface area contributed by atoms with Crippen molar-refractivity contribution in [2.75, 3.05) is 19.4 Å². The maximum atomic E-state index is 12.5. The number of carbonyl (C=O) groups is 2. The van der Waals surface area contributed by atoms with Gasteiger partial charge in [-0.05, 0) is 45.4 Å². The van der Waals surface area contributed by atoms with Gasteiger partial charge in [0.2, 0.25) is 5.91 Å². The summed E-state index contributed by atoms with van der Waals surface area (Å²) in [5.41, 5.74) is -1.95. The van der Waals surface area contributed by atoms with E-state index in [4.69, 9.17) is 4.52 Å². The van der Waals surface area contributed by atoms with E-state index < -0.39 is 74.8 Å². The van der Waals surface area contributed by atoms with Gasteiger partial charge in [0, 0.05) is 12.5 Å². The van der Waals surface area contributed by atoms with Gasteiger partial charge < -0.3 is 45.6 Å². The third-order valence-electron chi connectivity index (χ3n) is 7.87. The predicted molar refractivity (Wildman–Crippen MR) is 165 cm³/mol. The zero-order valence-corrected chi connectivity index (χ0v) is 26.9. The van der Waals surface area contributed by atoms with Gasteiger partial charge in [-0.3, -0.25) is 9.36 Å². The van der Waals surface area contributed by atoms with Gasteiger partial charge >= 0.3 is 13.6 Å². The van der Waals surface area contributed by atoms with Gasteiger partial charge in [-0.25, -0.2) is 4.79 Å². The summed E-state index contributed by atoms with van der Waals surface area (Å²) in [4.78, 5) is 34.5. The summed E-state index contributed by atoms with van der Waals surface area (Å²) in [7, 11) is -4.49. The number of unbranched alkanes of at least 4 members (excludes halogenated alkanes) is 11. The molecule has 1 rings (SSSR count). The molecule has 1 amide bonds. The van der Waals surface area contributed by atoms with Gasteiger partial charge in [0.15, 0.2) is 5.54 Å². The van der Waals surface area contributed by atoms with E-state index in [1.54, 1.807) is 0 Å². The number of hydrogen-bond donors (Lipinski definition) is 8. The minimum atomic E-state index is -4.49. The summed E-state index contributed by atoms with van der Waals surface area (Å²) in [5, 5.41) is 54.2. The molecule has 1 aliphatic heterocycles. The number of aliphatic carboxylic acids is 1. The molecule has 0 radical (unpaired) electrons. The monoisotopic (exact) mass is 636 g/mol. The molecular formula is C30H57N2O10P. The van der Waals surface area contributed by atoms with Crippen molar-refractivity contribution in [2.45, 2.75) is 146 Å². The zero-order chi connectivity index (χ0) is 32.3. The van der Waals surface area contributed by atoms with Crippen LogP contribution in [0.3, 0.4) is 0 Å². The number of carboxylic acid groups (broad SMARTS) is 1. The molecule has 0 saturated carbocycles. The van der Waals surface area contributed by atoms with Crippen LogP contribution in [0, 0.1) is 0 Å². The second-order valence-electron chi connectivity index (χ2n) is 12.0. The van der Waals surface area contributed by atoms with Crippen molar-refractivity contribution in [3.8, 4) is 0 Å². The molecule has 1 aliphatic rings. The molecule has 43 heavy (non-hydrogen) atoms. The van der Waals surface area contributed by atoms with E-state index in [-0.39, 0.29) is 12.8 Å². The van der Waals surface area contributed by atoms with E-state index in [0.717, 1.165) is 38.5 Å². The van der Waals surface area contributed by atoms with Gasteiger partial charge in [-0.1, -0.05) is 70.4 Å². The average Bonchev–Trinajstić information content (AvgIpc) is 3.21. The van der Waals surface area contributed by atoms with Crippen LogP contribution >= 0.6 is 7.60 Å². The number of allylic oxidation sites excluding steroid dienone is 2. The molecule has 2 unspecified atom stereocenters. The lowest BCUT2D eigenvalue weighted by atomic mass is 10.0. The molecule has 0 aromatic carbocycles. The number of aliphatic hydroxyl groups excluding tert-OH is 4. The molecule has 8 N–H and O–H groups in total. The van der Waals surface area contributed by atoms with Crippen LogP contribution in [0.5, 0.6) is 0 Å². The Balaban J connectivity index is 2.29. The highest BCUT2D eigenvalue weighted by molar-refractivity contribution is 7.52. The van der Waals surface area contributed by atoms with Crippen molar-refractivity contribution in [2.24, 2.45) is 0 Å². The maximum absolute atomic E-state index is 12.5. The Kier molecular flexibility index (Phi) is 19.7. The highest BCUT2D eigenvalue weighted by Gasteiger charge is 2.42. The third kappa shape index (κ3) is 16.5. The van der Waals surface area contributed by atoms with Crippen LogP contribution in [0.15, 0.2) is 12.2 Å². The normalized spacial score (nSPS) is 24.1. The number of carbonyl (C=O) groups excluding carboxylic acids is 1. The van der Waals surface area contributed by atoms with Gasteiger partial charge in [0.25, 0.3) is 0 Å². The van der Waals surface area contributed by atoms with Crippen LogP contribution in [0.4, 0.5) is 0 Å². The number of amides is 1. The third-order valence-corrected chi connectivity index (χ3v) is 9.29. The van der Waals surface area contributed by atoms with Crippen molar-refractivity contribution >= 4 is 19.5 Å². The molecule has 252 valence electrons. The molecule has 0 aromatic heterocycles. The van der Waals surface area contributed by atoms with E-state index in [0.29, 0.717) is 6.42 Å². The molecule has 1 fully saturated rings. The van der Waals surface area contributed by atoms with E-state index in [1.807, 2.05) is 0 Å². The maximum Gasteiger partial charge on any atom is 0.331 e. The van der Waals surface area contributed by atoms with Crippen molar-refractivity contribution in [1.29, 1.82) is 0 Å². The molecule has 1 saturated heterocycles. The Hall–Kier alpha value is -1.37. The Labute approximate surface area is 256 Å². The molecule has 7 atom stereocenters. The Bertz CT molecular complexity index is 876. The van der Waals surface area contributed by atoms with Crippen LogP contribution in [-0.2, 0) is 18.7 Å². The first-order valence-electron chi connectivity index (χ1n) is 15.9. The molecule has 12 nitrogen and oxygen atoms in total. The number of rotatable bonds is 25. The molecule has 0 aliphatic carbocycles. The fraction of sp³-hybridized carbons (Fsp3) is 0.867. The minimum absolute atomic E-state index is 0.119. The predicted octanol–water partition coefficient (Wildman–Crippen LogP) is 2.99. The van der Waals surface area contributed by atoms with Crippen LogP contribution in [0.25, 0.3) is 0 Å². The number of carboxylic acids is 1. The first kappa shape index (κ1) is 39.7. The lowest BCUT2D eigenvalue weighted by molar-refractivity contribution is -0.148. The molecule has 0 spiro atoms. The van der Waals surface area contributed by atoms with E-state index in [2.05, 4.69) is 29.7 Å². The van der Waals surface area contributed by atoms with E-state index in [1.165, 1.54) is 45.4 Å². The fourth-order valence-electron chi connectivity index (χ4n) is 5.11. The summed E-state index contributed by atoms with van der Waals surface area (Å²) in [5.74, 6) is -1.94. The van der Waals surface area contributed by atoms with Crippen molar-refractivity contribution < 1.29 is 49.1 Å². The zero-order valence-electron chi connectivity index (χ0n) is 26.0. The van der Waals surface area contributed by atoms with Crippen molar-refractivity contribution in [3.05, 3.63) is 12.2 Å². The first-order valence-corrected chi connectivity index (χ1v) is 17.7. The number of hydrogen-bond acceptors (Lipinski definition) is 9. The molecule has 13 heteroatoms. The molecule has 1 heterocycles. The van der Waals surface area contributed by atoms with Crippen LogP contribution in [0.1, 0.15) is 110 Å². The quantitative estimate of drug-likeness (QED) is 0.0415. The van der Waals surface area contributed by atoms with E-state index >= 15 is 0 Å². The summed E-state index contributed by atoms with van der Waals surface area (Å²) in [6.07, 6.45) is 14.2. The first-order chi connectivity index (χ1) is 20.3. The average molecular weight is 637 g/mol. The largest absolute Gasteiger partial charge is 0.479 e. The summed E-state index contributed by atoms with van der Waals surface area (Å²) < 4.78 is 17.5. The molecule has 0 aromatic rings. The lowest BCUT2D eigenvalue weighted by Gasteiger charge is -2.28. The summed E-state index contributed by atoms with van der Waals surface area (Å²) >= 11 is 0. The smallest absolute Gasteiger partial charge is 0.331 e. The standard InChI is InChI=1S/C30H57N2O10P/c1-3-4-5-6-7-8-9-10-11-12-13-14-15-16-17-18-26(35)32-30(2,29(38)39)22-42-43(40,41)21-23(34)19-24-27(36)28(37)25(20-33)31-24/h10-11,23-25,27-28,31,33-34,36-37H,3-9,12-22H2,1-2H3,(H,32,35)(H,38,39)(H,40,41)/b11-10-/t23-,24-,25-,27-,28-,30?/m1/s1. The highest BCUT2D eigenvalue weighted by Crippen LogP contribution is 2.44. The lowest BCUT2D eigenvalue weighted by Crippen LogP contribution is -2.55. The highest BCUT2D eigenvalue weighted by atomic mass is 31.2. The Morgan fingerprint density at radius 1 is 0.953 bits per heavy atom. The van der Waals surface area contributed by atoms with Gasteiger partial charge in [-0.15, -0.1) is 0 Å². The molecular weight excluding hydrogens is 579 g/mol. The number of nitrogens with one attached hydrogen (secondary N) is 2. The second kappa shape index (κ2) is 21.4. The Morgan fingerprint density at radius 2 is 1.49 bits per heavy atom. The Morgan fingerprint density at radius 3 is 2.02 bits per heavy atom. The van der Waals surface area contributed by atoms with Crippen LogP contribution in [-0.4, -0.2) is 97.6 Å². The molecule has 0 bridgehead atoms. The fourth-order valence-corrected chi connectivity index (χ4v) is 6.36. The summed E-state index contributed by atoms with van der Waals surface area (Å²) in [6, 6.07) is -1.63.